The van der Waals surface area contributed by atoms with Crippen LogP contribution in [-0.2, 0) is 11.3 Å². The number of halogens is 4. The fourth-order valence-corrected chi connectivity index (χ4v) is 1.46. The lowest BCUT2D eigenvalue weighted by molar-refractivity contribution is -0.177. The molecule has 0 radical (unpaired) electrons. The van der Waals surface area contributed by atoms with Crippen molar-refractivity contribution in [1.82, 2.24) is 19.6 Å². The number of nitrogens with zero attached hydrogens (tertiary/aromatic N) is 4. The molecule has 9 heteroatoms. The van der Waals surface area contributed by atoms with E-state index in [1.165, 1.54) is 16.8 Å². The first-order valence-electron chi connectivity index (χ1n) is 4.45. The molecular weight excluding hydrogens is 261 g/mol. The summed E-state index contributed by atoms with van der Waals surface area (Å²) in [7, 11) is 0. The molecule has 0 spiro atoms. The Kier molecular flexibility index (Phi) is 3.16. The van der Waals surface area contributed by atoms with Gasteiger partial charge in [-0.3, -0.25) is 9.38 Å². The van der Waals surface area contributed by atoms with Gasteiger partial charge < -0.3 is 4.74 Å². The Bertz CT molecular complexity index is 527. The third-order valence-corrected chi connectivity index (χ3v) is 2.10. The van der Waals surface area contributed by atoms with Crippen LogP contribution in [-0.4, -0.2) is 32.4 Å². The zero-order valence-corrected chi connectivity index (χ0v) is 9.03. The van der Waals surface area contributed by atoms with Crippen molar-refractivity contribution >= 4 is 17.2 Å². The zero-order chi connectivity index (χ0) is 12.5. The van der Waals surface area contributed by atoms with Gasteiger partial charge in [0.05, 0.1) is 12.4 Å². The van der Waals surface area contributed by atoms with Crippen LogP contribution < -0.4 is 0 Å². The topological polar surface area (TPSA) is 52.3 Å². The van der Waals surface area contributed by atoms with E-state index in [0.29, 0.717) is 5.65 Å². The number of hydrogen-bond acceptors (Lipinski definition) is 4. The quantitative estimate of drug-likeness (QED) is 0.851. The van der Waals surface area contributed by atoms with E-state index in [-0.39, 0.29) is 17.6 Å². The molecule has 0 N–H and O–H groups in total. The highest BCUT2D eigenvalue weighted by atomic mass is 35.5. The van der Waals surface area contributed by atoms with Crippen LogP contribution in [0.3, 0.4) is 0 Å². The molecule has 0 aromatic carbocycles. The van der Waals surface area contributed by atoms with E-state index in [4.69, 9.17) is 11.6 Å². The van der Waals surface area contributed by atoms with Crippen LogP contribution in [0.25, 0.3) is 5.65 Å². The van der Waals surface area contributed by atoms with E-state index in [1.54, 1.807) is 0 Å². The number of aromatic nitrogens is 4. The van der Waals surface area contributed by atoms with Gasteiger partial charge in [0.1, 0.15) is 18.4 Å². The fraction of sp³-hybridized carbons (Fsp3) is 0.375. The van der Waals surface area contributed by atoms with Gasteiger partial charge in [0.25, 0.3) is 0 Å². The first-order chi connectivity index (χ1) is 7.97. The second-order valence-electron chi connectivity index (χ2n) is 3.15. The first-order valence-corrected chi connectivity index (χ1v) is 4.83. The van der Waals surface area contributed by atoms with Crippen LogP contribution in [0.4, 0.5) is 13.2 Å². The Labute approximate surface area is 98.2 Å². The van der Waals surface area contributed by atoms with Crippen molar-refractivity contribution in [3.05, 3.63) is 23.4 Å². The van der Waals surface area contributed by atoms with Crippen molar-refractivity contribution in [2.45, 2.75) is 12.8 Å². The number of hydrogen-bond donors (Lipinski definition) is 0. The average Bonchev–Trinajstić information content (AvgIpc) is 2.61. The van der Waals surface area contributed by atoms with Crippen molar-refractivity contribution in [3.8, 4) is 0 Å². The van der Waals surface area contributed by atoms with Gasteiger partial charge in [0.2, 0.25) is 0 Å². The minimum absolute atomic E-state index is 0.191. The van der Waals surface area contributed by atoms with E-state index in [1.807, 2.05) is 0 Å². The summed E-state index contributed by atoms with van der Waals surface area (Å²) in [5.74, 6) is 0.191. The molecule has 0 amide bonds. The van der Waals surface area contributed by atoms with Gasteiger partial charge in [-0.1, -0.05) is 11.6 Å². The summed E-state index contributed by atoms with van der Waals surface area (Å²) in [4.78, 5) is 3.77. The van der Waals surface area contributed by atoms with Gasteiger partial charge in [-0.05, 0) is 0 Å². The second kappa shape index (κ2) is 4.46. The number of rotatable bonds is 3. The maximum atomic E-state index is 11.9. The molecule has 0 bridgehead atoms. The Morgan fingerprint density at radius 1 is 1.29 bits per heavy atom. The highest BCUT2D eigenvalue weighted by molar-refractivity contribution is 6.29. The maximum absolute atomic E-state index is 11.9. The van der Waals surface area contributed by atoms with Gasteiger partial charge in [0.15, 0.2) is 11.5 Å². The van der Waals surface area contributed by atoms with Crippen LogP contribution in [0, 0.1) is 0 Å². The summed E-state index contributed by atoms with van der Waals surface area (Å²) in [6.07, 6.45) is -1.64. The molecular formula is C8H6ClF3N4O. The Hall–Kier alpha value is -1.41. The smallest absolute Gasteiger partial charge is 0.364 e. The Balaban J connectivity index is 2.14. The first kappa shape index (κ1) is 12.1. The minimum Gasteiger partial charge on any atom is -0.364 e. The van der Waals surface area contributed by atoms with Crippen LogP contribution in [0.1, 0.15) is 5.82 Å². The molecule has 2 heterocycles. The zero-order valence-electron chi connectivity index (χ0n) is 8.28. The second-order valence-corrected chi connectivity index (χ2v) is 3.54. The van der Waals surface area contributed by atoms with Crippen molar-refractivity contribution < 1.29 is 17.9 Å². The van der Waals surface area contributed by atoms with E-state index in [2.05, 4.69) is 19.9 Å². The van der Waals surface area contributed by atoms with Crippen LogP contribution >= 0.6 is 11.6 Å². The number of alkyl halides is 3. The van der Waals surface area contributed by atoms with E-state index < -0.39 is 12.8 Å². The predicted molar refractivity (Wildman–Crippen MR) is 51.5 cm³/mol. The van der Waals surface area contributed by atoms with E-state index in [9.17, 15) is 13.2 Å². The summed E-state index contributed by atoms with van der Waals surface area (Å²) in [5, 5.41) is 7.58. The molecule has 0 fully saturated rings. The van der Waals surface area contributed by atoms with Crippen LogP contribution in [0.15, 0.2) is 12.4 Å². The molecule has 0 aliphatic rings. The van der Waals surface area contributed by atoms with Crippen LogP contribution in [0.2, 0.25) is 5.15 Å². The van der Waals surface area contributed by atoms with Gasteiger partial charge >= 0.3 is 6.18 Å². The third kappa shape index (κ3) is 2.83. The standard InChI is InChI=1S/C8H6ClF3N4O/c9-5-1-13-2-6-14-15-7(16(5)6)3-17-4-8(10,11)12/h1-2H,3-4H2. The summed E-state index contributed by atoms with van der Waals surface area (Å²) in [5.41, 5.74) is 0.350. The van der Waals surface area contributed by atoms with Crippen LogP contribution in [0.5, 0.6) is 0 Å². The summed E-state index contributed by atoms with van der Waals surface area (Å²) >= 11 is 5.82. The Morgan fingerprint density at radius 2 is 2.06 bits per heavy atom. The molecule has 0 saturated carbocycles. The lowest BCUT2D eigenvalue weighted by Gasteiger charge is -2.06. The van der Waals surface area contributed by atoms with E-state index in [0.717, 1.165) is 0 Å². The lowest BCUT2D eigenvalue weighted by atomic mass is 10.6. The third-order valence-electron chi connectivity index (χ3n) is 1.84. The Morgan fingerprint density at radius 3 is 2.76 bits per heavy atom. The SMILES string of the molecule is FC(F)(F)COCc1nnc2cncc(Cl)n12. The van der Waals surface area contributed by atoms with Crippen molar-refractivity contribution in [3.63, 3.8) is 0 Å². The molecule has 2 rings (SSSR count). The molecule has 0 atom stereocenters. The number of ether oxygens (including phenoxy) is 1. The van der Waals surface area contributed by atoms with Crippen molar-refractivity contribution in [2.24, 2.45) is 0 Å². The minimum atomic E-state index is -4.37. The highest BCUT2D eigenvalue weighted by Crippen LogP contribution is 2.16. The maximum Gasteiger partial charge on any atom is 0.411 e. The summed E-state index contributed by atoms with van der Waals surface area (Å²) in [6.45, 7) is -1.67. The molecule has 17 heavy (non-hydrogen) atoms. The van der Waals surface area contributed by atoms with Gasteiger partial charge in [-0.25, -0.2) is 0 Å². The van der Waals surface area contributed by atoms with Gasteiger partial charge in [-0.15, -0.1) is 10.2 Å². The predicted octanol–water partition coefficient (Wildman–Crippen LogP) is 1.86. The molecule has 5 nitrogen and oxygen atoms in total. The summed E-state index contributed by atoms with van der Waals surface area (Å²) in [6, 6.07) is 0. The number of fused-ring (bicyclic) bond motifs is 1. The lowest BCUT2D eigenvalue weighted by Crippen LogP contribution is -2.17. The molecule has 0 aliphatic carbocycles. The average molecular weight is 267 g/mol. The molecule has 2 aromatic rings. The van der Waals surface area contributed by atoms with E-state index >= 15 is 0 Å². The monoisotopic (exact) mass is 266 g/mol. The van der Waals surface area contributed by atoms with Gasteiger partial charge in [-0.2, -0.15) is 13.2 Å². The molecule has 92 valence electrons. The van der Waals surface area contributed by atoms with Crippen molar-refractivity contribution in [1.29, 1.82) is 0 Å². The van der Waals surface area contributed by atoms with Gasteiger partial charge in [0, 0.05) is 0 Å². The molecule has 2 aromatic heterocycles. The summed E-state index contributed by atoms with van der Waals surface area (Å²) < 4.78 is 41.5. The highest BCUT2D eigenvalue weighted by Gasteiger charge is 2.27. The molecule has 0 unspecified atom stereocenters. The van der Waals surface area contributed by atoms with Crippen molar-refractivity contribution in [2.75, 3.05) is 6.61 Å². The normalized spacial score (nSPS) is 12.2. The largest absolute Gasteiger partial charge is 0.411 e. The molecule has 0 aliphatic heterocycles. The fourth-order valence-electron chi connectivity index (χ4n) is 1.22. The molecule has 0 saturated heterocycles.